The zero-order chi connectivity index (χ0) is 17.1. The Bertz CT molecular complexity index is 632. The average molecular weight is 339 g/mol. The molecule has 0 aromatic heterocycles. The van der Waals surface area contributed by atoms with E-state index in [1.54, 1.807) is 38.1 Å². The van der Waals surface area contributed by atoms with Gasteiger partial charge in [-0.2, -0.15) is 0 Å². The number of halogens is 1. The number of nitrogens with zero attached hydrogens (tertiary/aromatic N) is 2. The maximum Gasteiger partial charge on any atom is 0.323 e. The minimum absolute atomic E-state index is 0.286. The highest BCUT2D eigenvalue weighted by molar-refractivity contribution is 6.31. The maximum absolute atomic E-state index is 12.6. The topological polar surface area (TPSA) is 77.9 Å². The van der Waals surface area contributed by atoms with Crippen LogP contribution < -0.4 is 4.90 Å². The lowest BCUT2D eigenvalue weighted by atomic mass is 10.1. The van der Waals surface area contributed by atoms with Gasteiger partial charge in [0.1, 0.15) is 12.5 Å². The number of hydrogen-bond donors (Lipinski definition) is 1. The molecule has 2 rings (SSSR count). The molecule has 1 fully saturated rings. The lowest BCUT2D eigenvalue weighted by molar-refractivity contribution is -0.149. The molecule has 1 aliphatic rings. The second kappa shape index (κ2) is 7.00. The number of rotatable bonds is 5. The average Bonchev–Trinajstić information content (AvgIpc) is 2.85. The van der Waals surface area contributed by atoms with Crippen LogP contribution in [0.5, 0.6) is 0 Å². The number of carboxylic acids is 1. The summed E-state index contributed by atoms with van der Waals surface area (Å²) >= 11 is 5.94. The summed E-state index contributed by atoms with van der Waals surface area (Å²) in [6.45, 7) is 3.47. The normalized spacial score (nSPS) is 17.7. The molecule has 1 atom stereocenters. The molecule has 1 N–H and O–H groups in total. The fourth-order valence-corrected chi connectivity index (χ4v) is 2.85. The first kappa shape index (κ1) is 17.3. The van der Waals surface area contributed by atoms with Crippen molar-refractivity contribution in [1.29, 1.82) is 0 Å². The Morgan fingerprint density at radius 3 is 2.70 bits per heavy atom. The van der Waals surface area contributed by atoms with Crippen molar-refractivity contribution in [3.63, 3.8) is 0 Å². The van der Waals surface area contributed by atoms with E-state index in [2.05, 4.69) is 0 Å². The number of carbonyl (C=O) groups is 3. The van der Waals surface area contributed by atoms with Gasteiger partial charge in [0.05, 0.1) is 0 Å². The molecule has 1 unspecified atom stereocenters. The summed E-state index contributed by atoms with van der Waals surface area (Å²) in [6.07, 6.45) is 0.368. The van der Waals surface area contributed by atoms with E-state index in [1.807, 2.05) is 0 Å². The molecular formula is C16H19ClN2O4. The van der Waals surface area contributed by atoms with E-state index >= 15 is 0 Å². The van der Waals surface area contributed by atoms with Gasteiger partial charge in [-0.15, -0.1) is 0 Å². The molecule has 6 nitrogen and oxygen atoms in total. The summed E-state index contributed by atoms with van der Waals surface area (Å²) in [5, 5.41) is 9.46. The van der Waals surface area contributed by atoms with Gasteiger partial charge in [-0.25, -0.2) is 0 Å². The van der Waals surface area contributed by atoms with E-state index in [0.29, 0.717) is 23.7 Å². The molecule has 0 saturated carbocycles. The van der Waals surface area contributed by atoms with Crippen molar-refractivity contribution in [2.45, 2.75) is 26.3 Å². The van der Waals surface area contributed by atoms with Crippen LogP contribution >= 0.6 is 11.6 Å². The summed E-state index contributed by atoms with van der Waals surface area (Å²) in [7, 11) is 0. The van der Waals surface area contributed by atoms with Gasteiger partial charge in [-0.1, -0.05) is 17.7 Å². The zero-order valence-corrected chi connectivity index (χ0v) is 13.8. The van der Waals surface area contributed by atoms with Crippen LogP contribution in [0.2, 0.25) is 5.02 Å². The van der Waals surface area contributed by atoms with Gasteiger partial charge >= 0.3 is 5.97 Å². The van der Waals surface area contributed by atoms with Crippen molar-refractivity contribution in [2.24, 2.45) is 5.92 Å². The second-order valence-corrected chi connectivity index (χ2v) is 6.20. The van der Waals surface area contributed by atoms with Crippen molar-refractivity contribution in [2.75, 3.05) is 18.0 Å². The largest absolute Gasteiger partial charge is 0.480 e. The third kappa shape index (κ3) is 3.82. The van der Waals surface area contributed by atoms with Gasteiger partial charge < -0.3 is 14.9 Å². The Balaban J connectivity index is 2.17. The number of anilines is 1. The summed E-state index contributed by atoms with van der Waals surface area (Å²) in [5.74, 6) is -2.68. The molecule has 124 valence electrons. The Hall–Kier alpha value is -2.08. The first-order chi connectivity index (χ1) is 10.8. The van der Waals surface area contributed by atoms with E-state index in [-0.39, 0.29) is 11.9 Å². The van der Waals surface area contributed by atoms with Crippen molar-refractivity contribution in [1.82, 2.24) is 4.90 Å². The molecule has 0 bridgehead atoms. The Morgan fingerprint density at radius 2 is 2.13 bits per heavy atom. The van der Waals surface area contributed by atoms with Crippen molar-refractivity contribution >= 4 is 35.1 Å². The molecule has 7 heteroatoms. The maximum atomic E-state index is 12.6. The minimum atomic E-state index is -1.09. The molecule has 0 aliphatic carbocycles. The zero-order valence-electron chi connectivity index (χ0n) is 13.0. The van der Waals surface area contributed by atoms with Gasteiger partial charge in [0.15, 0.2) is 0 Å². The van der Waals surface area contributed by atoms with Crippen LogP contribution in [0.25, 0.3) is 0 Å². The van der Waals surface area contributed by atoms with Crippen LogP contribution in [0.3, 0.4) is 0 Å². The van der Waals surface area contributed by atoms with E-state index in [9.17, 15) is 14.4 Å². The summed E-state index contributed by atoms with van der Waals surface area (Å²) in [5.41, 5.74) is 0.645. The number of hydrogen-bond acceptors (Lipinski definition) is 3. The predicted octanol–water partition coefficient (Wildman–Crippen LogP) is 2.01. The quantitative estimate of drug-likeness (QED) is 0.833. The third-order valence-electron chi connectivity index (χ3n) is 3.84. The lowest BCUT2D eigenvalue weighted by Crippen LogP contribution is -2.46. The molecule has 23 heavy (non-hydrogen) atoms. The molecule has 2 amide bonds. The van der Waals surface area contributed by atoms with E-state index in [1.165, 1.54) is 9.80 Å². The SMILES string of the molecule is CC(C)N(CC(=O)O)C(=O)C1CCN(c2cccc(Cl)c2)C1=O. The van der Waals surface area contributed by atoms with Crippen LogP contribution in [-0.2, 0) is 14.4 Å². The number of carboxylic acid groups (broad SMARTS) is 1. The van der Waals surface area contributed by atoms with Crippen molar-refractivity contribution in [3.05, 3.63) is 29.3 Å². The highest BCUT2D eigenvalue weighted by Crippen LogP contribution is 2.28. The Morgan fingerprint density at radius 1 is 1.43 bits per heavy atom. The van der Waals surface area contributed by atoms with Crippen molar-refractivity contribution in [3.8, 4) is 0 Å². The first-order valence-corrected chi connectivity index (χ1v) is 7.78. The smallest absolute Gasteiger partial charge is 0.323 e. The van der Waals surface area contributed by atoms with Crippen LogP contribution in [0.1, 0.15) is 20.3 Å². The number of aliphatic carboxylic acids is 1. The number of amides is 2. The highest BCUT2D eigenvalue weighted by Gasteiger charge is 2.40. The van der Waals surface area contributed by atoms with Gasteiger partial charge in [0, 0.05) is 23.3 Å². The second-order valence-electron chi connectivity index (χ2n) is 5.76. The monoisotopic (exact) mass is 338 g/mol. The number of carbonyl (C=O) groups excluding carboxylic acids is 2. The molecule has 1 aliphatic heterocycles. The Labute approximate surface area is 139 Å². The van der Waals surface area contributed by atoms with Gasteiger partial charge in [-0.05, 0) is 38.5 Å². The fourth-order valence-electron chi connectivity index (χ4n) is 2.67. The Kier molecular flexibility index (Phi) is 5.26. The minimum Gasteiger partial charge on any atom is -0.480 e. The van der Waals surface area contributed by atoms with Gasteiger partial charge in [0.25, 0.3) is 0 Å². The number of benzene rings is 1. The third-order valence-corrected chi connectivity index (χ3v) is 4.07. The molecular weight excluding hydrogens is 320 g/mol. The molecule has 0 radical (unpaired) electrons. The molecule has 1 aromatic rings. The molecule has 1 saturated heterocycles. The van der Waals surface area contributed by atoms with Crippen LogP contribution in [0.4, 0.5) is 5.69 Å². The first-order valence-electron chi connectivity index (χ1n) is 7.40. The van der Waals surface area contributed by atoms with Gasteiger partial charge in [0.2, 0.25) is 11.8 Å². The molecule has 0 spiro atoms. The standard InChI is InChI=1S/C16H19ClN2O4/c1-10(2)19(9-14(20)21)16(23)13-6-7-18(15(13)22)12-5-3-4-11(17)8-12/h3-5,8,10,13H,6-7,9H2,1-2H3,(H,20,21). The van der Waals surface area contributed by atoms with Gasteiger partial charge in [-0.3, -0.25) is 14.4 Å². The van der Waals surface area contributed by atoms with Crippen LogP contribution in [-0.4, -0.2) is 46.9 Å². The molecule has 1 aromatic carbocycles. The predicted molar refractivity (Wildman–Crippen MR) is 86.4 cm³/mol. The summed E-state index contributed by atoms with van der Waals surface area (Å²) in [4.78, 5) is 38.8. The lowest BCUT2D eigenvalue weighted by Gasteiger charge is -2.27. The summed E-state index contributed by atoms with van der Waals surface area (Å²) < 4.78 is 0. The fraction of sp³-hybridized carbons (Fsp3) is 0.438. The van der Waals surface area contributed by atoms with E-state index in [4.69, 9.17) is 16.7 Å². The van der Waals surface area contributed by atoms with Crippen LogP contribution in [0.15, 0.2) is 24.3 Å². The van der Waals surface area contributed by atoms with E-state index < -0.39 is 24.3 Å². The van der Waals surface area contributed by atoms with E-state index in [0.717, 1.165) is 0 Å². The molecule has 1 heterocycles. The highest BCUT2D eigenvalue weighted by atomic mass is 35.5. The summed E-state index contributed by atoms with van der Waals surface area (Å²) in [6, 6.07) is 6.59. The van der Waals surface area contributed by atoms with Crippen LogP contribution in [0, 0.1) is 5.92 Å². The van der Waals surface area contributed by atoms with Crippen molar-refractivity contribution < 1.29 is 19.5 Å².